The molecule has 21 heavy (non-hydrogen) atoms. The summed E-state index contributed by atoms with van der Waals surface area (Å²) in [4.78, 5) is 24.5. The molecule has 0 aromatic carbocycles. The van der Waals surface area contributed by atoms with E-state index in [4.69, 9.17) is 9.47 Å². The predicted octanol–water partition coefficient (Wildman–Crippen LogP) is 0.600. The molecule has 0 aliphatic carbocycles. The van der Waals surface area contributed by atoms with E-state index in [2.05, 4.69) is 17.9 Å². The molecule has 118 valence electrons. The minimum absolute atomic E-state index is 0.0162. The van der Waals surface area contributed by atoms with Crippen molar-refractivity contribution < 1.29 is 24.2 Å². The molecule has 2 aliphatic heterocycles. The van der Waals surface area contributed by atoms with Crippen molar-refractivity contribution in [2.45, 2.75) is 50.5 Å². The molecule has 2 rings (SSSR count). The molecular weight excluding hydrogens is 296 g/mol. The Morgan fingerprint density at radius 2 is 2.38 bits per heavy atom. The average Bonchev–Trinajstić information content (AvgIpc) is 2.81. The van der Waals surface area contributed by atoms with Crippen LogP contribution in [0.15, 0.2) is 11.8 Å². The van der Waals surface area contributed by atoms with E-state index in [-0.39, 0.29) is 36.8 Å². The second-order valence-corrected chi connectivity index (χ2v) is 5.62. The van der Waals surface area contributed by atoms with E-state index in [1.807, 2.05) is 6.92 Å². The Bertz CT molecular complexity index is 456. The number of rotatable bonds is 4. The molecule has 4 unspecified atom stereocenters. The number of hydrogen-bond acceptors (Lipinski definition) is 6. The fraction of sp³-hybridized carbons (Fsp3) is 0.692. The molecule has 0 radical (unpaired) electrons. The highest BCUT2D eigenvalue weighted by Crippen LogP contribution is 2.27. The Balaban J connectivity index is 1.97. The van der Waals surface area contributed by atoms with Crippen molar-refractivity contribution in [1.82, 2.24) is 10.2 Å². The van der Waals surface area contributed by atoms with Crippen LogP contribution < -0.4 is 5.32 Å². The van der Waals surface area contributed by atoms with Crippen molar-refractivity contribution in [3.63, 3.8) is 0 Å². The fourth-order valence-corrected chi connectivity index (χ4v) is 2.36. The van der Waals surface area contributed by atoms with Crippen molar-refractivity contribution in [2.24, 2.45) is 0 Å². The number of aliphatic hydroxyl groups is 1. The number of urea groups is 1. The van der Waals surface area contributed by atoms with Gasteiger partial charge in [-0.25, -0.2) is 4.79 Å². The number of hydrogen-bond donors (Lipinski definition) is 3. The van der Waals surface area contributed by atoms with Gasteiger partial charge < -0.3 is 19.9 Å². The van der Waals surface area contributed by atoms with Gasteiger partial charge in [0.2, 0.25) is 0 Å². The molecule has 2 amide bonds. The SMILES string of the molecule is CCC(=O)OCC1OC(N2C=C(C)C(S)NC2=O)CC1O. The van der Waals surface area contributed by atoms with Crippen LogP contribution in [0.25, 0.3) is 0 Å². The summed E-state index contributed by atoms with van der Waals surface area (Å²) in [5.41, 5.74) is 0.872. The highest BCUT2D eigenvalue weighted by Gasteiger charge is 2.40. The van der Waals surface area contributed by atoms with Gasteiger partial charge in [0.15, 0.2) is 0 Å². The number of carbonyl (C=O) groups excluding carboxylic acids is 2. The van der Waals surface area contributed by atoms with Crippen LogP contribution in [-0.2, 0) is 14.3 Å². The smallest absolute Gasteiger partial charge is 0.324 e. The summed E-state index contributed by atoms with van der Waals surface area (Å²) in [5.74, 6) is -0.348. The van der Waals surface area contributed by atoms with Crippen molar-refractivity contribution >= 4 is 24.6 Å². The monoisotopic (exact) mass is 316 g/mol. The molecule has 7 nitrogen and oxygen atoms in total. The molecule has 0 aromatic heterocycles. The summed E-state index contributed by atoms with van der Waals surface area (Å²) < 4.78 is 10.6. The number of nitrogens with zero attached hydrogens (tertiary/aromatic N) is 1. The minimum Gasteiger partial charge on any atom is -0.463 e. The van der Waals surface area contributed by atoms with E-state index in [1.165, 1.54) is 4.90 Å². The second kappa shape index (κ2) is 6.67. The first-order valence-corrected chi connectivity index (χ1v) is 7.38. The van der Waals surface area contributed by atoms with Crippen LogP contribution in [0, 0.1) is 0 Å². The number of aliphatic hydroxyl groups excluding tert-OH is 1. The van der Waals surface area contributed by atoms with Gasteiger partial charge in [-0.2, -0.15) is 12.6 Å². The molecule has 1 saturated heterocycles. The first-order valence-electron chi connectivity index (χ1n) is 6.86. The molecule has 8 heteroatoms. The standard InChI is InChI=1S/C13H20N2O5S/c1-3-11(17)19-6-9-8(16)4-10(20-9)15-5-7(2)12(21)14-13(15)18/h5,8-10,12,16,21H,3-4,6H2,1-2H3,(H,14,18). The van der Waals surface area contributed by atoms with Crippen LogP contribution in [0.1, 0.15) is 26.7 Å². The highest BCUT2D eigenvalue weighted by atomic mass is 32.1. The van der Waals surface area contributed by atoms with Gasteiger partial charge in [-0.1, -0.05) is 6.92 Å². The molecule has 2 heterocycles. The number of thiol groups is 1. The summed E-state index contributed by atoms with van der Waals surface area (Å²) in [7, 11) is 0. The van der Waals surface area contributed by atoms with Crippen LogP contribution in [0.4, 0.5) is 4.79 Å². The molecule has 2 aliphatic rings. The van der Waals surface area contributed by atoms with E-state index in [0.29, 0.717) is 0 Å². The Labute approximate surface area is 128 Å². The molecule has 4 atom stereocenters. The summed E-state index contributed by atoms with van der Waals surface area (Å²) in [6.45, 7) is 3.52. The van der Waals surface area contributed by atoms with Gasteiger partial charge in [0.1, 0.15) is 18.9 Å². The average molecular weight is 316 g/mol. The topological polar surface area (TPSA) is 88.1 Å². The van der Waals surface area contributed by atoms with Gasteiger partial charge in [-0.3, -0.25) is 9.69 Å². The van der Waals surface area contributed by atoms with E-state index < -0.39 is 18.4 Å². The highest BCUT2D eigenvalue weighted by molar-refractivity contribution is 7.81. The van der Waals surface area contributed by atoms with Gasteiger partial charge in [0.25, 0.3) is 0 Å². The normalized spacial score (nSPS) is 32.7. The Hall–Kier alpha value is -1.25. The maximum atomic E-state index is 11.9. The second-order valence-electron chi connectivity index (χ2n) is 5.10. The van der Waals surface area contributed by atoms with Crippen LogP contribution in [-0.4, -0.2) is 52.4 Å². The molecule has 0 aromatic rings. The van der Waals surface area contributed by atoms with E-state index in [1.54, 1.807) is 13.1 Å². The number of esters is 1. The maximum absolute atomic E-state index is 11.9. The molecule has 0 bridgehead atoms. The Kier molecular flexibility index (Phi) is 5.13. The van der Waals surface area contributed by atoms with Crippen LogP contribution in [0.2, 0.25) is 0 Å². The largest absolute Gasteiger partial charge is 0.463 e. The van der Waals surface area contributed by atoms with Crippen molar-refractivity contribution in [3.8, 4) is 0 Å². The zero-order chi connectivity index (χ0) is 15.6. The molecule has 2 N–H and O–H groups in total. The number of nitrogens with one attached hydrogen (secondary N) is 1. The van der Waals surface area contributed by atoms with Gasteiger partial charge in [0, 0.05) is 19.0 Å². The van der Waals surface area contributed by atoms with Crippen molar-refractivity contribution in [3.05, 3.63) is 11.8 Å². The quantitative estimate of drug-likeness (QED) is 0.522. The fourth-order valence-electron chi connectivity index (χ4n) is 2.18. The first kappa shape index (κ1) is 16.1. The van der Waals surface area contributed by atoms with Crippen molar-refractivity contribution in [1.29, 1.82) is 0 Å². The lowest BCUT2D eigenvalue weighted by Gasteiger charge is -2.32. The molecule has 1 fully saturated rings. The number of ether oxygens (including phenoxy) is 2. The lowest BCUT2D eigenvalue weighted by molar-refractivity contribution is -0.150. The van der Waals surface area contributed by atoms with Crippen LogP contribution in [0.5, 0.6) is 0 Å². The van der Waals surface area contributed by atoms with Gasteiger partial charge in [-0.05, 0) is 12.5 Å². The Morgan fingerprint density at radius 3 is 3.05 bits per heavy atom. The van der Waals surface area contributed by atoms with Crippen LogP contribution >= 0.6 is 12.6 Å². The summed E-state index contributed by atoms with van der Waals surface area (Å²) in [5, 5.41) is 12.3. The number of carbonyl (C=O) groups is 2. The van der Waals surface area contributed by atoms with E-state index in [0.717, 1.165) is 5.57 Å². The molecule has 0 spiro atoms. The molecular formula is C13H20N2O5S. The first-order chi connectivity index (χ1) is 9.92. The molecule has 0 saturated carbocycles. The zero-order valence-corrected chi connectivity index (χ0v) is 12.9. The lowest BCUT2D eigenvalue weighted by Crippen LogP contribution is -2.49. The third-order valence-corrected chi connectivity index (χ3v) is 4.02. The zero-order valence-electron chi connectivity index (χ0n) is 12.0. The summed E-state index contributed by atoms with van der Waals surface area (Å²) in [6, 6.07) is -0.330. The van der Waals surface area contributed by atoms with Gasteiger partial charge in [-0.15, -0.1) is 0 Å². The van der Waals surface area contributed by atoms with Gasteiger partial charge in [0.05, 0.1) is 11.5 Å². The minimum atomic E-state index is -0.783. The number of amides is 2. The lowest BCUT2D eigenvalue weighted by atomic mass is 10.2. The van der Waals surface area contributed by atoms with Crippen LogP contribution in [0.3, 0.4) is 0 Å². The summed E-state index contributed by atoms with van der Waals surface area (Å²) >= 11 is 4.23. The predicted molar refractivity (Wildman–Crippen MR) is 77.4 cm³/mol. The third kappa shape index (κ3) is 3.69. The van der Waals surface area contributed by atoms with E-state index in [9.17, 15) is 14.7 Å². The van der Waals surface area contributed by atoms with Crippen molar-refractivity contribution in [2.75, 3.05) is 6.61 Å². The van der Waals surface area contributed by atoms with E-state index >= 15 is 0 Å². The van der Waals surface area contributed by atoms with Gasteiger partial charge >= 0.3 is 12.0 Å². The maximum Gasteiger partial charge on any atom is 0.324 e. The third-order valence-electron chi connectivity index (χ3n) is 3.48. The Morgan fingerprint density at radius 1 is 1.67 bits per heavy atom. The summed E-state index contributed by atoms with van der Waals surface area (Å²) in [6.07, 6.45) is 0.208.